The van der Waals surface area contributed by atoms with Crippen LogP contribution in [0.3, 0.4) is 0 Å². The van der Waals surface area contributed by atoms with E-state index in [1.54, 1.807) is 24.5 Å². The zero-order valence-electron chi connectivity index (χ0n) is 14.5. The Hall–Kier alpha value is -2.40. The Kier molecular flexibility index (Phi) is 5.66. The van der Waals surface area contributed by atoms with Crippen molar-refractivity contribution in [2.45, 2.75) is 38.6 Å². The fourth-order valence-electron chi connectivity index (χ4n) is 3.27. The summed E-state index contributed by atoms with van der Waals surface area (Å²) in [4.78, 5) is 18.9. The number of aliphatic hydroxyl groups excluding tert-OH is 1. The molecule has 0 spiro atoms. The number of ether oxygens (including phenoxy) is 1. The molecule has 0 aliphatic carbocycles. The molecule has 1 amide bonds. The molecule has 132 valence electrons. The summed E-state index contributed by atoms with van der Waals surface area (Å²) in [5, 5.41) is 9.05. The van der Waals surface area contributed by atoms with Crippen molar-refractivity contribution in [2.75, 3.05) is 13.2 Å². The molecule has 2 heterocycles. The summed E-state index contributed by atoms with van der Waals surface area (Å²) in [6.45, 7) is 2.92. The highest BCUT2D eigenvalue weighted by molar-refractivity contribution is 5.95. The van der Waals surface area contributed by atoms with E-state index >= 15 is 0 Å². The molecular weight excluding hydrogens is 316 g/mol. The SMILES string of the molecule is Cc1ccc(C(=O)N2CCCC2CCCO)cc1Oc1ccncc1. The van der Waals surface area contributed by atoms with Crippen LogP contribution >= 0.6 is 0 Å². The van der Waals surface area contributed by atoms with Gasteiger partial charge in [0.05, 0.1) is 0 Å². The van der Waals surface area contributed by atoms with Gasteiger partial charge in [-0.15, -0.1) is 0 Å². The van der Waals surface area contributed by atoms with Crippen LogP contribution in [0.1, 0.15) is 41.6 Å². The maximum atomic E-state index is 12.9. The van der Waals surface area contributed by atoms with Gasteiger partial charge in [0.15, 0.2) is 0 Å². The molecule has 0 saturated carbocycles. The minimum absolute atomic E-state index is 0.0417. The number of aliphatic hydroxyl groups is 1. The number of aryl methyl sites for hydroxylation is 1. The lowest BCUT2D eigenvalue weighted by atomic mass is 10.1. The Morgan fingerprint density at radius 2 is 2.12 bits per heavy atom. The van der Waals surface area contributed by atoms with Gasteiger partial charge in [-0.1, -0.05) is 6.07 Å². The summed E-state index contributed by atoms with van der Waals surface area (Å²) in [5.41, 5.74) is 1.62. The molecule has 3 rings (SSSR count). The molecule has 0 bridgehead atoms. The van der Waals surface area contributed by atoms with Crippen LogP contribution in [0.25, 0.3) is 0 Å². The van der Waals surface area contributed by atoms with E-state index in [1.807, 2.05) is 30.0 Å². The van der Waals surface area contributed by atoms with Gasteiger partial charge in [0.1, 0.15) is 11.5 Å². The van der Waals surface area contributed by atoms with Gasteiger partial charge in [0.25, 0.3) is 5.91 Å². The summed E-state index contributed by atoms with van der Waals surface area (Å²) in [5.74, 6) is 1.42. The van der Waals surface area contributed by atoms with Crippen molar-refractivity contribution in [3.63, 3.8) is 0 Å². The summed E-state index contributed by atoms with van der Waals surface area (Å²) in [7, 11) is 0. The fourth-order valence-corrected chi connectivity index (χ4v) is 3.27. The molecule has 5 heteroatoms. The summed E-state index contributed by atoms with van der Waals surface area (Å²) in [6.07, 6.45) is 6.98. The molecule has 0 radical (unpaired) electrons. The predicted octanol–water partition coefficient (Wildman–Crippen LogP) is 3.56. The molecule has 1 atom stereocenters. The van der Waals surface area contributed by atoms with E-state index in [1.165, 1.54) is 0 Å². The second-order valence-corrected chi connectivity index (χ2v) is 6.43. The van der Waals surface area contributed by atoms with Gasteiger partial charge >= 0.3 is 0 Å². The third-order valence-corrected chi connectivity index (χ3v) is 4.65. The van der Waals surface area contributed by atoms with Crippen molar-refractivity contribution < 1.29 is 14.6 Å². The lowest BCUT2D eigenvalue weighted by Crippen LogP contribution is -2.35. The number of nitrogens with zero attached hydrogens (tertiary/aromatic N) is 2. The van der Waals surface area contributed by atoms with Crippen LogP contribution in [0.5, 0.6) is 11.5 Å². The Morgan fingerprint density at radius 3 is 2.88 bits per heavy atom. The van der Waals surface area contributed by atoms with E-state index in [4.69, 9.17) is 9.84 Å². The van der Waals surface area contributed by atoms with E-state index in [0.29, 0.717) is 17.1 Å². The topological polar surface area (TPSA) is 62.7 Å². The first-order chi connectivity index (χ1) is 12.2. The maximum Gasteiger partial charge on any atom is 0.254 e. The van der Waals surface area contributed by atoms with Gasteiger partial charge in [0.2, 0.25) is 0 Å². The van der Waals surface area contributed by atoms with Gasteiger partial charge in [0, 0.05) is 37.2 Å². The monoisotopic (exact) mass is 340 g/mol. The highest BCUT2D eigenvalue weighted by atomic mass is 16.5. The highest BCUT2D eigenvalue weighted by Crippen LogP contribution is 2.28. The van der Waals surface area contributed by atoms with Crippen molar-refractivity contribution in [3.05, 3.63) is 53.9 Å². The number of hydrogen-bond acceptors (Lipinski definition) is 4. The van der Waals surface area contributed by atoms with Crippen LogP contribution in [-0.2, 0) is 0 Å². The second-order valence-electron chi connectivity index (χ2n) is 6.43. The van der Waals surface area contributed by atoms with Crippen LogP contribution in [0, 0.1) is 6.92 Å². The number of pyridine rings is 1. The van der Waals surface area contributed by atoms with Crippen LogP contribution in [0.15, 0.2) is 42.7 Å². The third-order valence-electron chi connectivity index (χ3n) is 4.65. The molecule has 1 unspecified atom stereocenters. The molecule has 2 aromatic rings. The fraction of sp³-hybridized carbons (Fsp3) is 0.400. The quantitative estimate of drug-likeness (QED) is 0.873. The van der Waals surface area contributed by atoms with E-state index in [-0.39, 0.29) is 18.6 Å². The van der Waals surface area contributed by atoms with Crippen LogP contribution in [-0.4, -0.2) is 40.1 Å². The minimum atomic E-state index is 0.0417. The lowest BCUT2D eigenvalue weighted by Gasteiger charge is -2.25. The first-order valence-electron chi connectivity index (χ1n) is 8.79. The van der Waals surface area contributed by atoms with Crippen LogP contribution in [0.2, 0.25) is 0 Å². The third kappa shape index (κ3) is 4.17. The average Bonchev–Trinajstić information content (AvgIpc) is 3.10. The molecule has 5 nitrogen and oxygen atoms in total. The summed E-state index contributed by atoms with van der Waals surface area (Å²) < 4.78 is 5.91. The average molecular weight is 340 g/mol. The Bertz CT molecular complexity index is 718. The zero-order chi connectivity index (χ0) is 17.6. The summed E-state index contributed by atoms with van der Waals surface area (Å²) in [6, 6.07) is 9.41. The Morgan fingerprint density at radius 1 is 1.32 bits per heavy atom. The molecule has 1 aromatic heterocycles. The van der Waals surface area contributed by atoms with Crippen molar-refractivity contribution in [1.82, 2.24) is 9.88 Å². The van der Waals surface area contributed by atoms with E-state index in [9.17, 15) is 4.79 Å². The van der Waals surface area contributed by atoms with Crippen LogP contribution in [0.4, 0.5) is 0 Å². The number of aromatic nitrogens is 1. The largest absolute Gasteiger partial charge is 0.457 e. The normalized spacial score (nSPS) is 16.9. The van der Waals surface area contributed by atoms with Gasteiger partial charge in [-0.3, -0.25) is 9.78 Å². The van der Waals surface area contributed by atoms with Gasteiger partial charge in [-0.25, -0.2) is 0 Å². The number of carbonyl (C=O) groups is 1. The van der Waals surface area contributed by atoms with Crippen molar-refractivity contribution >= 4 is 5.91 Å². The number of hydrogen-bond donors (Lipinski definition) is 1. The number of benzene rings is 1. The zero-order valence-corrected chi connectivity index (χ0v) is 14.5. The van der Waals surface area contributed by atoms with Crippen molar-refractivity contribution in [1.29, 1.82) is 0 Å². The lowest BCUT2D eigenvalue weighted by molar-refractivity contribution is 0.0724. The van der Waals surface area contributed by atoms with Gasteiger partial charge in [-0.05, 0) is 62.4 Å². The molecule has 1 saturated heterocycles. The molecule has 25 heavy (non-hydrogen) atoms. The van der Waals surface area contributed by atoms with Crippen molar-refractivity contribution in [2.24, 2.45) is 0 Å². The first kappa shape index (κ1) is 17.4. The van der Waals surface area contributed by atoms with Gasteiger partial charge in [-0.2, -0.15) is 0 Å². The number of carbonyl (C=O) groups excluding carboxylic acids is 1. The van der Waals surface area contributed by atoms with Crippen LogP contribution < -0.4 is 4.74 Å². The predicted molar refractivity (Wildman–Crippen MR) is 95.9 cm³/mol. The standard InChI is InChI=1S/C20H24N2O3/c1-15-6-7-16(14-19(15)25-18-8-10-21-11-9-18)20(24)22-12-2-4-17(22)5-3-13-23/h6-11,14,17,23H,2-5,12-13H2,1H3. The molecule has 1 fully saturated rings. The smallest absolute Gasteiger partial charge is 0.254 e. The molecule has 1 N–H and O–H groups in total. The van der Waals surface area contributed by atoms with Crippen molar-refractivity contribution in [3.8, 4) is 11.5 Å². The molecule has 1 aromatic carbocycles. The highest BCUT2D eigenvalue weighted by Gasteiger charge is 2.29. The molecular formula is C20H24N2O3. The maximum absolute atomic E-state index is 12.9. The van der Waals surface area contributed by atoms with E-state index in [0.717, 1.165) is 37.8 Å². The molecule has 1 aliphatic heterocycles. The molecule has 1 aliphatic rings. The Labute approximate surface area is 148 Å². The number of amides is 1. The second kappa shape index (κ2) is 8.12. The van der Waals surface area contributed by atoms with Gasteiger partial charge < -0.3 is 14.7 Å². The number of likely N-dealkylation sites (tertiary alicyclic amines) is 1. The van der Waals surface area contributed by atoms with E-state index in [2.05, 4.69) is 4.98 Å². The minimum Gasteiger partial charge on any atom is -0.457 e. The number of rotatable bonds is 6. The summed E-state index contributed by atoms with van der Waals surface area (Å²) >= 11 is 0. The van der Waals surface area contributed by atoms with E-state index < -0.39 is 0 Å². The Balaban J connectivity index is 1.78. The first-order valence-corrected chi connectivity index (χ1v) is 8.79.